The minimum absolute atomic E-state index is 0.0329. The molecular weight excluding hydrogens is 439 g/mol. The summed E-state index contributed by atoms with van der Waals surface area (Å²) >= 11 is 0. The van der Waals surface area contributed by atoms with Gasteiger partial charge in [0.05, 0.1) is 11.4 Å². The van der Waals surface area contributed by atoms with E-state index in [-0.39, 0.29) is 17.6 Å². The Labute approximate surface area is 197 Å². The van der Waals surface area contributed by atoms with Gasteiger partial charge in [-0.3, -0.25) is 9.88 Å². The van der Waals surface area contributed by atoms with Crippen molar-refractivity contribution in [1.29, 1.82) is 0 Å². The van der Waals surface area contributed by atoms with Crippen LogP contribution < -0.4 is 5.32 Å². The second-order valence-corrected chi connectivity index (χ2v) is 9.71. The zero-order valence-electron chi connectivity index (χ0n) is 19.3. The summed E-state index contributed by atoms with van der Waals surface area (Å²) in [4.78, 5) is 6.80. The van der Waals surface area contributed by atoms with E-state index in [2.05, 4.69) is 25.4 Å². The Hall–Kier alpha value is -3.00. The van der Waals surface area contributed by atoms with E-state index in [0.717, 1.165) is 55.4 Å². The summed E-state index contributed by atoms with van der Waals surface area (Å²) < 4.78 is 41.8. The highest BCUT2D eigenvalue weighted by atomic mass is 19.4. The van der Waals surface area contributed by atoms with Gasteiger partial charge in [-0.15, -0.1) is 10.2 Å². The molecule has 3 heterocycles. The Bertz CT molecular complexity index is 1130. The number of likely N-dealkylation sites (tertiary alicyclic amines) is 1. The van der Waals surface area contributed by atoms with Crippen LogP contribution in [0.3, 0.4) is 0 Å². The number of nitrogens with one attached hydrogen (secondary N) is 1. The maximum Gasteiger partial charge on any atom is 0.420 e. The fourth-order valence-corrected chi connectivity index (χ4v) is 5.54. The van der Waals surface area contributed by atoms with Crippen molar-refractivity contribution in [1.82, 2.24) is 20.1 Å². The molecule has 1 saturated heterocycles. The number of aromatic nitrogens is 3. The molecule has 2 aliphatic rings. The third-order valence-electron chi connectivity index (χ3n) is 6.90. The van der Waals surface area contributed by atoms with Crippen molar-refractivity contribution in [3.05, 3.63) is 71.0 Å². The highest BCUT2D eigenvalue weighted by molar-refractivity contribution is 5.64. The van der Waals surface area contributed by atoms with E-state index in [9.17, 15) is 13.2 Å². The van der Waals surface area contributed by atoms with Gasteiger partial charge in [-0.1, -0.05) is 23.3 Å². The minimum atomic E-state index is -4.51. The van der Waals surface area contributed by atoms with Crippen molar-refractivity contribution in [2.45, 2.75) is 45.5 Å². The van der Waals surface area contributed by atoms with E-state index in [1.807, 2.05) is 50.2 Å². The van der Waals surface area contributed by atoms with E-state index in [4.69, 9.17) is 0 Å². The van der Waals surface area contributed by atoms with Crippen molar-refractivity contribution in [3.63, 3.8) is 0 Å². The predicted octanol–water partition coefficient (Wildman–Crippen LogP) is 5.50. The molecule has 5 nitrogen and oxygen atoms in total. The van der Waals surface area contributed by atoms with Gasteiger partial charge in [-0.25, -0.2) is 0 Å². The maximum absolute atomic E-state index is 13.9. The normalized spacial score (nSPS) is 21.1. The highest BCUT2D eigenvalue weighted by Gasteiger charge is 2.42. The van der Waals surface area contributed by atoms with Gasteiger partial charge in [0.25, 0.3) is 0 Å². The third-order valence-corrected chi connectivity index (χ3v) is 6.90. The first-order valence-electron chi connectivity index (χ1n) is 11.7. The number of anilines is 1. The Kier molecular flexibility index (Phi) is 6.02. The standard InChI is InChI=1S/C26H28F3N5/c1-16-7-17(2)9-18(8-16)24-12-23(26(27,28)29)25(33-32-24)31-22-10-19-13-34(14-20(19)11-22)15-21-5-3-4-6-30-21/h3-9,12,19-20,22H,10-11,13-15H2,1-2H3,(H,31,33)/t19-,20-/m1/s1. The Morgan fingerprint density at radius 2 is 1.68 bits per heavy atom. The van der Waals surface area contributed by atoms with Crippen LogP contribution in [0.1, 0.15) is 35.2 Å². The quantitative estimate of drug-likeness (QED) is 0.537. The monoisotopic (exact) mass is 467 g/mol. The lowest BCUT2D eigenvalue weighted by Crippen LogP contribution is -2.26. The van der Waals surface area contributed by atoms with Crippen LogP contribution in [0.5, 0.6) is 0 Å². The molecule has 8 heteroatoms. The van der Waals surface area contributed by atoms with Crippen molar-refractivity contribution in [3.8, 4) is 11.3 Å². The molecule has 0 bridgehead atoms. The van der Waals surface area contributed by atoms with Gasteiger partial charge < -0.3 is 5.32 Å². The van der Waals surface area contributed by atoms with Crippen molar-refractivity contribution in [2.24, 2.45) is 11.8 Å². The van der Waals surface area contributed by atoms with Crippen LogP contribution in [-0.4, -0.2) is 39.2 Å². The molecule has 1 aliphatic carbocycles. The van der Waals surface area contributed by atoms with Gasteiger partial charge in [0.2, 0.25) is 0 Å². The molecule has 34 heavy (non-hydrogen) atoms. The molecule has 5 rings (SSSR count). The highest BCUT2D eigenvalue weighted by Crippen LogP contribution is 2.41. The first kappa shape index (κ1) is 22.8. The molecule has 178 valence electrons. The molecule has 2 fully saturated rings. The number of nitrogens with zero attached hydrogens (tertiary/aromatic N) is 4. The summed E-state index contributed by atoms with van der Waals surface area (Å²) in [6.45, 7) is 6.54. The van der Waals surface area contributed by atoms with E-state index < -0.39 is 11.7 Å². The van der Waals surface area contributed by atoms with Crippen LogP contribution in [0.2, 0.25) is 0 Å². The lowest BCUT2D eigenvalue weighted by Gasteiger charge is -2.21. The molecule has 0 amide bonds. The minimum Gasteiger partial charge on any atom is -0.365 e. The molecule has 1 aliphatic heterocycles. The third kappa shape index (κ3) is 4.92. The average molecular weight is 468 g/mol. The predicted molar refractivity (Wildman–Crippen MR) is 125 cm³/mol. The lowest BCUT2D eigenvalue weighted by molar-refractivity contribution is -0.137. The summed E-state index contributed by atoms with van der Waals surface area (Å²) in [5, 5.41) is 11.2. The average Bonchev–Trinajstić information content (AvgIpc) is 3.31. The zero-order chi connectivity index (χ0) is 23.9. The van der Waals surface area contributed by atoms with Crippen LogP contribution in [0.4, 0.5) is 19.0 Å². The zero-order valence-corrected chi connectivity index (χ0v) is 19.3. The van der Waals surface area contributed by atoms with Crippen LogP contribution >= 0.6 is 0 Å². The topological polar surface area (TPSA) is 53.9 Å². The number of rotatable bonds is 5. The van der Waals surface area contributed by atoms with Crippen LogP contribution in [-0.2, 0) is 12.7 Å². The van der Waals surface area contributed by atoms with Crippen LogP contribution in [0.15, 0.2) is 48.7 Å². The Morgan fingerprint density at radius 3 is 2.29 bits per heavy atom. The summed E-state index contributed by atoms with van der Waals surface area (Å²) in [5.41, 5.74) is 3.12. The summed E-state index contributed by atoms with van der Waals surface area (Å²) in [5.74, 6) is 0.770. The number of alkyl halides is 3. The number of benzene rings is 1. The number of hydrogen-bond acceptors (Lipinski definition) is 5. The molecule has 1 N–H and O–H groups in total. The van der Waals surface area contributed by atoms with Gasteiger partial charge in [0.1, 0.15) is 5.56 Å². The van der Waals surface area contributed by atoms with Crippen molar-refractivity contribution < 1.29 is 13.2 Å². The van der Waals surface area contributed by atoms with Gasteiger partial charge in [0.15, 0.2) is 5.82 Å². The van der Waals surface area contributed by atoms with E-state index in [1.165, 1.54) is 0 Å². The first-order valence-corrected chi connectivity index (χ1v) is 11.7. The molecule has 3 aromatic rings. The molecular formula is C26H28F3N5. The molecule has 0 radical (unpaired) electrons. The van der Waals surface area contributed by atoms with Gasteiger partial charge >= 0.3 is 6.18 Å². The molecule has 1 aromatic carbocycles. The first-order chi connectivity index (χ1) is 16.2. The van der Waals surface area contributed by atoms with Crippen LogP contribution in [0, 0.1) is 25.7 Å². The van der Waals surface area contributed by atoms with Gasteiger partial charge in [-0.05, 0) is 68.9 Å². The summed E-state index contributed by atoms with van der Waals surface area (Å²) in [6.07, 6.45) is -1.04. The molecule has 1 saturated carbocycles. The largest absolute Gasteiger partial charge is 0.420 e. The number of hydrogen-bond donors (Lipinski definition) is 1. The fourth-order valence-electron chi connectivity index (χ4n) is 5.54. The SMILES string of the molecule is Cc1cc(C)cc(-c2cc(C(F)(F)F)c(NC3C[C@@H]4CN(Cc5ccccn5)C[C@H]4C3)nn2)c1. The summed E-state index contributed by atoms with van der Waals surface area (Å²) in [6, 6.07) is 12.7. The van der Waals surface area contributed by atoms with Crippen LogP contribution in [0.25, 0.3) is 11.3 Å². The van der Waals surface area contributed by atoms with Gasteiger partial charge in [0, 0.05) is 37.4 Å². The smallest absolute Gasteiger partial charge is 0.365 e. The Balaban J connectivity index is 1.29. The lowest BCUT2D eigenvalue weighted by atomic mass is 10.0. The van der Waals surface area contributed by atoms with E-state index in [1.54, 1.807) is 6.20 Å². The number of aryl methyl sites for hydroxylation is 2. The molecule has 2 atom stereocenters. The van der Waals surface area contributed by atoms with Gasteiger partial charge in [-0.2, -0.15) is 13.2 Å². The molecule has 0 unspecified atom stereocenters. The Morgan fingerprint density at radius 1 is 0.971 bits per heavy atom. The van der Waals surface area contributed by atoms with E-state index in [0.29, 0.717) is 17.4 Å². The van der Waals surface area contributed by atoms with Crippen molar-refractivity contribution >= 4 is 5.82 Å². The maximum atomic E-state index is 13.9. The second kappa shape index (κ2) is 8.98. The fraction of sp³-hybridized carbons (Fsp3) is 0.423. The second-order valence-electron chi connectivity index (χ2n) is 9.71. The number of halogens is 3. The molecule has 2 aromatic heterocycles. The molecule has 0 spiro atoms. The van der Waals surface area contributed by atoms with E-state index >= 15 is 0 Å². The van der Waals surface area contributed by atoms with Crippen molar-refractivity contribution in [2.75, 3.05) is 18.4 Å². The summed E-state index contributed by atoms with van der Waals surface area (Å²) in [7, 11) is 0. The number of fused-ring (bicyclic) bond motifs is 1. The number of pyridine rings is 1.